The average Bonchev–Trinajstić information content (AvgIpc) is 2.57. The van der Waals surface area contributed by atoms with Gasteiger partial charge in [-0.25, -0.2) is 18.4 Å². The maximum Gasteiger partial charge on any atom is 0.338 e. The van der Waals surface area contributed by atoms with Crippen LogP contribution in [0, 0.1) is 13.8 Å². The highest BCUT2D eigenvalue weighted by Gasteiger charge is 2.19. The van der Waals surface area contributed by atoms with Gasteiger partial charge >= 0.3 is 5.97 Å². The molecule has 0 atom stereocenters. The predicted molar refractivity (Wildman–Crippen MR) is 103 cm³/mol. The van der Waals surface area contributed by atoms with Crippen LogP contribution in [0.5, 0.6) is 0 Å². The van der Waals surface area contributed by atoms with E-state index in [9.17, 15) is 18.0 Å². The molecule has 0 aliphatic carbocycles. The summed E-state index contributed by atoms with van der Waals surface area (Å²) >= 11 is 11.9. The number of nitrogens with two attached hydrogens (primary N) is 1. The Hall–Kier alpha value is -2.13. The summed E-state index contributed by atoms with van der Waals surface area (Å²) in [5.74, 6) is -1.53. The third kappa shape index (κ3) is 5.20. The number of hydrogen-bond acceptors (Lipinski definition) is 5. The average molecular weight is 431 g/mol. The van der Waals surface area contributed by atoms with Crippen LogP contribution in [0.15, 0.2) is 35.2 Å². The molecule has 0 spiro atoms. The first-order valence-corrected chi connectivity index (χ1v) is 9.86. The molecule has 0 unspecified atom stereocenters. The van der Waals surface area contributed by atoms with Crippen LogP contribution >= 0.6 is 23.2 Å². The first-order valence-electron chi connectivity index (χ1n) is 7.55. The Kier molecular flexibility index (Phi) is 6.48. The van der Waals surface area contributed by atoms with Crippen molar-refractivity contribution in [2.75, 3.05) is 11.9 Å². The van der Waals surface area contributed by atoms with Crippen LogP contribution in [0.25, 0.3) is 0 Å². The number of carbonyl (C=O) groups is 2. The second-order valence-electron chi connectivity index (χ2n) is 5.68. The zero-order valence-corrected chi connectivity index (χ0v) is 16.7. The molecular formula is C17H16Cl2N2O5S. The molecule has 1 amide bonds. The largest absolute Gasteiger partial charge is 0.452 e. The van der Waals surface area contributed by atoms with Gasteiger partial charge in [-0.2, -0.15) is 0 Å². The molecule has 2 aromatic rings. The van der Waals surface area contributed by atoms with Crippen molar-refractivity contribution in [3.8, 4) is 0 Å². The highest BCUT2D eigenvalue weighted by molar-refractivity contribution is 7.89. The van der Waals surface area contributed by atoms with Gasteiger partial charge < -0.3 is 10.1 Å². The van der Waals surface area contributed by atoms with E-state index in [0.29, 0.717) is 11.1 Å². The van der Waals surface area contributed by atoms with Crippen molar-refractivity contribution in [3.63, 3.8) is 0 Å². The second-order valence-corrected chi connectivity index (χ2v) is 8.03. The van der Waals surface area contributed by atoms with E-state index in [2.05, 4.69) is 5.32 Å². The van der Waals surface area contributed by atoms with Crippen LogP contribution in [0.3, 0.4) is 0 Å². The molecule has 0 heterocycles. The van der Waals surface area contributed by atoms with Gasteiger partial charge in [-0.15, -0.1) is 0 Å². The number of para-hydroxylation sites is 1. The Morgan fingerprint density at radius 1 is 1.15 bits per heavy atom. The highest BCUT2D eigenvalue weighted by Crippen LogP contribution is 2.29. The quantitative estimate of drug-likeness (QED) is 0.706. The van der Waals surface area contributed by atoms with Crippen LogP contribution in [0.4, 0.5) is 5.69 Å². The lowest BCUT2D eigenvalue weighted by molar-refractivity contribution is -0.119. The van der Waals surface area contributed by atoms with E-state index < -0.39 is 28.5 Å². The maximum absolute atomic E-state index is 12.2. The molecule has 10 heteroatoms. The van der Waals surface area contributed by atoms with E-state index in [1.165, 1.54) is 6.07 Å². The second kappa shape index (κ2) is 8.26. The number of ether oxygens (including phenoxy) is 1. The number of nitrogens with one attached hydrogen (secondary N) is 1. The smallest absolute Gasteiger partial charge is 0.338 e. The molecule has 7 nitrogen and oxygen atoms in total. The fourth-order valence-electron chi connectivity index (χ4n) is 2.25. The van der Waals surface area contributed by atoms with Crippen molar-refractivity contribution in [3.05, 3.63) is 57.1 Å². The van der Waals surface area contributed by atoms with Gasteiger partial charge in [0.25, 0.3) is 5.91 Å². The van der Waals surface area contributed by atoms with E-state index in [1.54, 1.807) is 32.0 Å². The van der Waals surface area contributed by atoms with Crippen LogP contribution in [-0.2, 0) is 19.6 Å². The first kappa shape index (κ1) is 21.2. The number of rotatable bonds is 5. The van der Waals surface area contributed by atoms with E-state index in [1.807, 2.05) is 0 Å². The van der Waals surface area contributed by atoms with Gasteiger partial charge in [0.1, 0.15) is 0 Å². The Balaban J connectivity index is 2.12. The summed E-state index contributed by atoms with van der Waals surface area (Å²) in [7, 11) is -4.01. The molecule has 0 aliphatic heterocycles. The normalized spacial score (nSPS) is 11.1. The van der Waals surface area contributed by atoms with Gasteiger partial charge in [0, 0.05) is 0 Å². The molecule has 0 saturated carbocycles. The molecule has 0 saturated heterocycles. The lowest BCUT2D eigenvalue weighted by Gasteiger charge is -2.11. The summed E-state index contributed by atoms with van der Waals surface area (Å²) in [6, 6.07) is 7.26. The topological polar surface area (TPSA) is 116 Å². The molecule has 0 aromatic heterocycles. The lowest BCUT2D eigenvalue weighted by atomic mass is 10.1. The third-order valence-corrected chi connectivity index (χ3v) is 5.39. The summed E-state index contributed by atoms with van der Waals surface area (Å²) in [5, 5.41) is 8.07. The summed E-state index contributed by atoms with van der Waals surface area (Å²) in [4.78, 5) is 24.0. The number of hydrogen-bond donors (Lipinski definition) is 2. The number of aryl methyl sites for hydroxylation is 1. The summed E-state index contributed by atoms with van der Waals surface area (Å²) in [6.07, 6.45) is 0. The van der Waals surface area contributed by atoms with Crippen molar-refractivity contribution in [2.45, 2.75) is 18.7 Å². The summed E-state index contributed by atoms with van der Waals surface area (Å²) < 4.78 is 28.2. The molecule has 2 aromatic carbocycles. The van der Waals surface area contributed by atoms with Crippen LogP contribution < -0.4 is 10.5 Å². The monoisotopic (exact) mass is 430 g/mol. The van der Waals surface area contributed by atoms with Gasteiger partial charge in [-0.3, -0.25) is 4.79 Å². The number of carbonyl (C=O) groups excluding carboxylic acids is 2. The maximum atomic E-state index is 12.2. The molecule has 3 N–H and O–H groups in total. The lowest BCUT2D eigenvalue weighted by Crippen LogP contribution is -2.22. The van der Waals surface area contributed by atoms with Crippen molar-refractivity contribution >= 4 is 50.8 Å². The fraction of sp³-hybridized carbons (Fsp3) is 0.176. The first-order chi connectivity index (χ1) is 12.5. The third-order valence-electron chi connectivity index (χ3n) is 3.72. The number of anilines is 1. The molecule has 0 aliphatic rings. The molecule has 0 fully saturated rings. The molecule has 0 bridgehead atoms. The van der Waals surface area contributed by atoms with Gasteiger partial charge in [-0.1, -0.05) is 29.3 Å². The molecule has 27 heavy (non-hydrogen) atoms. The number of amides is 1. The number of primary sulfonamides is 1. The van der Waals surface area contributed by atoms with Gasteiger partial charge in [0.05, 0.1) is 26.2 Å². The summed E-state index contributed by atoms with van der Waals surface area (Å²) in [5.41, 5.74) is 1.14. The predicted octanol–water partition coefficient (Wildman–Crippen LogP) is 3.05. The van der Waals surface area contributed by atoms with Gasteiger partial charge in [0.15, 0.2) is 6.61 Å². The van der Waals surface area contributed by atoms with E-state index in [0.717, 1.165) is 6.07 Å². The van der Waals surface area contributed by atoms with Crippen LogP contribution in [0.2, 0.25) is 10.0 Å². The summed E-state index contributed by atoms with van der Waals surface area (Å²) in [6.45, 7) is 2.59. The van der Waals surface area contributed by atoms with Gasteiger partial charge in [0.2, 0.25) is 10.0 Å². The molecule has 0 radical (unpaired) electrons. The Morgan fingerprint density at radius 3 is 2.30 bits per heavy atom. The van der Waals surface area contributed by atoms with Crippen molar-refractivity contribution in [2.24, 2.45) is 5.14 Å². The van der Waals surface area contributed by atoms with Crippen LogP contribution in [-0.4, -0.2) is 26.9 Å². The van der Waals surface area contributed by atoms with E-state index in [4.69, 9.17) is 33.1 Å². The highest BCUT2D eigenvalue weighted by atomic mass is 35.5. The minimum absolute atomic E-state index is 0.0364. The van der Waals surface area contributed by atoms with Crippen molar-refractivity contribution in [1.82, 2.24) is 0 Å². The van der Waals surface area contributed by atoms with Crippen molar-refractivity contribution < 1.29 is 22.7 Å². The molecular weight excluding hydrogens is 415 g/mol. The minimum atomic E-state index is -4.01. The van der Waals surface area contributed by atoms with Gasteiger partial charge in [-0.05, 0) is 49.2 Å². The number of sulfonamides is 1. The number of esters is 1. The standard InChI is InChI=1S/C17H16Cl2N2O5S/c1-9-6-11(7-14(10(9)2)27(20,24)25)17(23)26-8-15(22)21-16-12(18)4-3-5-13(16)19/h3-7H,8H2,1-2H3,(H,21,22)(H2,20,24,25). The number of halogens is 2. The molecule has 2 rings (SSSR count). The minimum Gasteiger partial charge on any atom is -0.452 e. The fourth-order valence-corrected chi connectivity index (χ4v) is 3.62. The molecule has 144 valence electrons. The Bertz CT molecular complexity index is 1000. The zero-order valence-electron chi connectivity index (χ0n) is 14.4. The Labute approximate surface area is 166 Å². The SMILES string of the molecule is Cc1cc(C(=O)OCC(=O)Nc2c(Cl)cccc2Cl)cc(S(N)(=O)=O)c1C. The number of benzene rings is 2. The van der Waals surface area contributed by atoms with Crippen LogP contribution in [0.1, 0.15) is 21.5 Å². The van der Waals surface area contributed by atoms with E-state index >= 15 is 0 Å². The zero-order chi connectivity index (χ0) is 20.4. The Morgan fingerprint density at radius 2 is 1.74 bits per heavy atom. The van der Waals surface area contributed by atoms with E-state index in [-0.39, 0.29) is 26.2 Å². The van der Waals surface area contributed by atoms with Crippen molar-refractivity contribution in [1.29, 1.82) is 0 Å².